The molecule has 18 heavy (non-hydrogen) atoms. The van der Waals surface area contributed by atoms with Crippen molar-refractivity contribution in [3.8, 4) is 0 Å². The summed E-state index contributed by atoms with van der Waals surface area (Å²) in [5.41, 5.74) is 9.60. The smallest absolute Gasteiger partial charge is 0.0359 e. The number of hydrogen-bond acceptors (Lipinski definition) is 2. The van der Waals surface area contributed by atoms with Crippen LogP contribution in [0, 0.1) is 18.8 Å². The van der Waals surface area contributed by atoms with Gasteiger partial charge in [-0.3, -0.25) is 4.90 Å². The molecule has 3 unspecified atom stereocenters. The Morgan fingerprint density at radius 3 is 2.72 bits per heavy atom. The van der Waals surface area contributed by atoms with E-state index in [1.807, 2.05) is 6.07 Å². The van der Waals surface area contributed by atoms with Crippen LogP contribution >= 0.6 is 0 Å². The van der Waals surface area contributed by atoms with Crippen LogP contribution in [0.2, 0.25) is 0 Å². The van der Waals surface area contributed by atoms with E-state index in [-0.39, 0.29) is 0 Å². The van der Waals surface area contributed by atoms with Gasteiger partial charge in [-0.05, 0) is 43.7 Å². The van der Waals surface area contributed by atoms with Crippen LogP contribution < -0.4 is 5.73 Å². The maximum absolute atomic E-state index is 6.09. The average molecular weight is 246 g/mol. The SMILES string of the molecule is Cc1ccc(N)c(CN2CC(C)CC(C)C2C)c1. The van der Waals surface area contributed by atoms with Crippen molar-refractivity contribution in [2.45, 2.75) is 46.7 Å². The minimum atomic E-state index is 0.654. The zero-order chi connectivity index (χ0) is 13.3. The molecule has 0 aromatic heterocycles. The maximum Gasteiger partial charge on any atom is 0.0359 e. The largest absolute Gasteiger partial charge is 0.398 e. The minimum Gasteiger partial charge on any atom is -0.398 e. The highest BCUT2D eigenvalue weighted by molar-refractivity contribution is 5.48. The van der Waals surface area contributed by atoms with Gasteiger partial charge in [0.1, 0.15) is 0 Å². The first-order valence-corrected chi connectivity index (χ1v) is 7.06. The van der Waals surface area contributed by atoms with Crippen LogP contribution in [0.25, 0.3) is 0 Å². The Kier molecular flexibility index (Phi) is 3.96. The quantitative estimate of drug-likeness (QED) is 0.810. The molecule has 0 radical (unpaired) electrons. The van der Waals surface area contributed by atoms with Gasteiger partial charge in [-0.2, -0.15) is 0 Å². The fourth-order valence-electron chi connectivity index (χ4n) is 3.13. The van der Waals surface area contributed by atoms with Gasteiger partial charge in [-0.25, -0.2) is 0 Å². The molecule has 1 aromatic rings. The van der Waals surface area contributed by atoms with Gasteiger partial charge in [0.15, 0.2) is 0 Å². The Balaban J connectivity index is 2.14. The number of rotatable bonds is 2. The lowest BCUT2D eigenvalue weighted by Crippen LogP contribution is -2.45. The molecule has 0 amide bonds. The third-order valence-corrected chi connectivity index (χ3v) is 4.39. The Morgan fingerprint density at radius 2 is 2.00 bits per heavy atom. The number of piperidine rings is 1. The highest BCUT2D eigenvalue weighted by Crippen LogP contribution is 2.29. The lowest BCUT2D eigenvalue weighted by atomic mass is 9.85. The first-order chi connectivity index (χ1) is 8.47. The van der Waals surface area contributed by atoms with Crippen molar-refractivity contribution in [1.29, 1.82) is 0 Å². The van der Waals surface area contributed by atoms with Gasteiger partial charge < -0.3 is 5.73 Å². The molecule has 2 nitrogen and oxygen atoms in total. The fraction of sp³-hybridized carbons (Fsp3) is 0.625. The number of hydrogen-bond donors (Lipinski definition) is 1. The monoisotopic (exact) mass is 246 g/mol. The number of anilines is 1. The van der Waals surface area contributed by atoms with Gasteiger partial charge in [-0.1, -0.05) is 31.5 Å². The normalized spacial score (nSPS) is 29.4. The molecular weight excluding hydrogens is 220 g/mol. The molecule has 100 valence electrons. The van der Waals surface area contributed by atoms with Gasteiger partial charge in [0, 0.05) is 24.8 Å². The van der Waals surface area contributed by atoms with Gasteiger partial charge in [-0.15, -0.1) is 0 Å². The van der Waals surface area contributed by atoms with Crippen molar-refractivity contribution in [1.82, 2.24) is 4.90 Å². The molecule has 1 aliphatic rings. The second kappa shape index (κ2) is 5.31. The molecule has 2 rings (SSSR count). The van der Waals surface area contributed by atoms with Crippen molar-refractivity contribution in [2.24, 2.45) is 11.8 Å². The summed E-state index contributed by atoms with van der Waals surface area (Å²) in [7, 11) is 0. The molecule has 1 saturated heterocycles. The maximum atomic E-state index is 6.09. The topological polar surface area (TPSA) is 29.3 Å². The first kappa shape index (κ1) is 13.4. The van der Waals surface area contributed by atoms with Crippen LogP contribution in [0.3, 0.4) is 0 Å². The number of nitrogen functional groups attached to an aromatic ring is 1. The zero-order valence-corrected chi connectivity index (χ0v) is 12.1. The molecule has 3 atom stereocenters. The van der Waals surface area contributed by atoms with E-state index in [4.69, 9.17) is 5.73 Å². The lowest BCUT2D eigenvalue weighted by molar-refractivity contribution is 0.0731. The van der Waals surface area contributed by atoms with E-state index in [1.165, 1.54) is 24.1 Å². The lowest BCUT2D eigenvalue weighted by Gasteiger charge is -2.41. The predicted octanol–water partition coefficient (Wildman–Crippen LogP) is 3.44. The van der Waals surface area contributed by atoms with Crippen molar-refractivity contribution >= 4 is 5.69 Å². The molecule has 2 N–H and O–H groups in total. The number of aryl methyl sites for hydroxylation is 1. The van der Waals surface area contributed by atoms with Gasteiger partial charge in [0.2, 0.25) is 0 Å². The van der Waals surface area contributed by atoms with E-state index < -0.39 is 0 Å². The summed E-state index contributed by atoms with van der Waals surface area (Å²) >= 11 is 0. The van der Waals surface area contributed by atoms with Crippen LogP contribution in [-0.2, 0) is 6.54 Å². The number of benzene rings is 1. The van der Waals surface area contributed by atoms with Crippen molar-refractivity contribution in [2.75, 3.05) is 12.3 Å². The Bertz CT molecular complexity index is 414. The second-order valence-electron chi connectivity index (χ2n) is 6.19. The average Bonchev–Trinajstić information content (AvgIpc) is 2.30. The Labute approximate surface area is 111 Å². The third-order valence-electron chi connectivity index (χ3n) is 4.39. The van der Waals surface area contributed by atoms with Crippen LogP contribution in [0.5, 0.6) is 0 Å². The van der Waals surface area contributed by atoms with E-state index in [1.54, 1.807) is 0 Å². The molecular formula is C16H26N2. The van der Waals surface area contributed by atoms with Crippen LogP contribution in [0.4, 0.5) is 5.69 Å². The second-order valence-corrected chi connectivity index (χ2v) is 6.19. The predicted molar refractivity (Wildman–Crippen MR) is 78.4 cm³/mol. The highest BCUT2D eigenvalue weighted by Gasteiger charge is 2.28. The van der Waals surface area contributed by atoms with Gasteiger partial charge in [0.25, 0.3) is 0 Å². The van der Waals surface area contributed by atoms with Crippen LogP contribution in [0.1, 0.15) is 38.3 Å². The Morgan fingerprint density at radius 1 is 1.28 bits per heavy atom. The van der Waals surface area contributed by atoms with E-state index in [0.717, 1.165) is 24.1 Å². The van der Waals surface area contributed by atoms with Crippen molar-refractivity contribution in [3.63, 3.8) is 0 Å². The van der Waals surface area contributed by atoms with E-state index >= 15 is 0 Å². The molecule has 0 saturated carbocycles. The molecule has 0 aliphatic carbocycles. The summed E-state index contributed by atoms with van der Waals surface area (Å²) in [5.74, 6) is 1.57. The summed E-state index contributed by atoms with van der Waals surface area (Å²) in [6, 6.07) is 7.00. The Hall–Kier alpha value is -1.02. The zero-order valence-electron chi connectivity index (χ0n) is 12.1. The fourth-order valence-corrected chi connectivity index (χ4v) is 3.13. The summed E-state index contributed by atoms with van der Waals surface area (Å²) in [6.45, 7) is 11.4. The molecule has 1 aliphatic heterocycles. The van der Waals surface area contributed by atoms with E-state index in [0.29, 0.717) is 6.04 Å². The summed E-state index contributed by atoms with van der Waals surface area (Å²) < 4.78 is 0. The first-order valence-electron chi connectivity index (χ1n) is 7.06. The van der Waals surface area contributed by atoms with Crippen LogP contribution in [-0.4, -0.2) is 17.5 Å². The summed E-state index contributed by atoms with van der Waals surface area (Å²) in [4.78, 5) is 2.59. The number of nitrogens with two attached hydrogens (primary N) is 1. The van der Waals surface area contributed by atoms with Crippen molar-refractivity contribution < 1.29 is 0 Å². The van der Waals surface area contributed by atoms with E-state index in [9.17, 15) is 0 Å². The standard InChI is InChI=1S/C16H26N2/c1-11-5-6-16(17)15(8-11)10-18-9-12(2)7-13(3)14(18)4/h5-6,8,12-14H,7,9-10,17H2,1-4H3. The summed E-state index contributed by atoms with van der Waals surface area (Å²) in [5, 5.41) is 0. The van der Waals surface area contributed by atoms with Gasteiger partial charge in [0.05, 0.1) is 0 Å². The highest BCUT2D eigenvalue weighted by atomic mass is 15.2. The molecule has 0 bridgehead atoms. The number of likely N-dealkylation sites (tertiary alicyclic amines) is 1. The minimum absolute atomic E-state index is 0.654. The van der Waals surface area contributed by atoms with Crippen LogP contribution in [0.15, 0.2) is 18.2 Å². The third kappa shape index (κ3) is 2.86. The molecule has 1 fully saturated rings. The summed E-state index contributed by atoms with van der Waals surface area (Å²) in [6.07, 6.45) is 1.35. The molecule has 0 spiro atoms. The van der Waals surface area contributed by atoms with Gasteiger partial charge >= 0.3 is 0 Å². The molecule has 2 heteroatoms. The number of nitrogens with zero attached hydrogens (tertiary/aromatic N) is 1. The van der Waals surface area contributed by atoms with Crippen molar-refractivity contribution in [3.05, 3.63) is 29.3 Å². The molecule has 1 aromatic carbocycles. The molecule has 1 heterocycles. The van der Waals surface area contributed by atoms with E-state index in [2.05, 4.69) is 44.7 Å².